The van der Waals surface area contributed by atoms with Crippen molar-refractivity contribution in [1.29, 1.82) is 0 Å². The monoisotopic (exact) mass is 413 g/mol. The second kappa shape index (κ2) is 10.5. The van der Waals surface area contributed by atoms with Crippen LogP contribution in [0.4, 0.5) is 8.78 Å². The van der Waals surface area contributed by atoms with Crippen molar-refractivity contribution in [3.8, 4) is 0 Å². The maximum absolute atomic E-state index is 13.7. The summed E-state index contributed by atoms with van der Waals surface area (Å²) in [7, 11) is 0. The Morgan fingerprint density at radius 1 is 0.933 bits per heavy atom. The van der Waals surface area contributed by atoms with Gasteiger partial charge in [-0.1, -0.05) is 25.3 Å². The molecule has 1 aliphatic heterocycles. The van der Waals surface area contributed by atoms with Gasteiger partial charge < -0.3 is 4.90 Å². The highest BCUT2D eigenvalue weighted by molar-refractivity contribution is 5.18. The van der Waals surface area contributed by atoms with E-state index in [1.165, 1.54) is 63.6 Å². The van der Waals surface area contributed by atoms with Crippen LogP contribution in [0.15, 0.2) is 42.7 Å². The molecule has 0 unspecified atom stereocenters. The molecule has 2 heterocycles. The third kappa shape index (κ3) is 6.08. The van der Waals surface area contributed by atoms with Crippen molar-refractivity contribution < 1.29 is 8.78 Å². The van der Waals surface area contributed by atoms with Crippen LogP contribution in [-0.4, -0.2) is 40.5 Å². The summed E-state index contributed by atoms with van der Waals surface area (Å²) in [6.45, 7) is 4.59. The number of pyridine rings is 1. The van der Waals surface area contributed by atoms with E-state index >= 15 is 0 Å². The summed E-state index contributed by atoms with van der Waals surface area (Å²) in [5.41, 5.74) is 1.82. The second-order valence-corrected chi connectivity index (χ2v) is 9.10. The summed E-state index contributed by atoms with van der Waals surface area (Å²) in [4.78, 5) is 9.29. The molecule has 1 atom stereocenters. The van der Waals surface area contributed by atoms with Crippen molar-refractivity contribution in [3.63, 3.8) is 0 Å². The largest absolute Gasteiger partial charge is 0.300 e. The summed E-state index contributed by atoms with van der Waals surface area (Å²) < 4.78 is 27.5. The molecule has 1 saturated carbocycles. The third-order valence-corrected chi connectivity index (χ3v) is 6.62. The number of nitrogens with zero attached hydrogens (tertiary/aromatic N) is 3. The zero-order chi connectivity index (χ0) is 20.8. The van der Waals surface area contributed by atoms with Gasteiger partial charge >= 0.3 is 0 Å². The van der Waals surface area contributed by atoms with Gasteiger partial charge in [0.05, 0.1) is 0 Å². The predicted molar refractivity (Wildman–Crippen MR) is 116 cm³/mol. The third-order valence-electron chi connectivity index (χ3n) is 6.62. The molecule has 4 rings (SSSR count). The minimum absolute atomic E-state index is 0.507. The summed E-state index contributed by atoms with van der Waals surface area (Å²) in [6.07, 6.45) is 12.9. The first kappa shape index (κ1) is 21.4. The van der Waals surface area contributed by atoms with E-state index in [-0.39, 0.29) is 0 Å². The highest BCUT2D eigenvalue weighted by Crippen LogP contribution is 2.28. The summed E-state index contributed by atoms with van der Waals surface area (Å²) in [5, 5.41) is 0. The number of hydrogen-bond acceptors (Lipinski definition) is 3. The second-order valence-electron chi connectivity index (χ2n) is 9.10. The lowest BCUT2D eigenvalue weighted by molar-refractivity contribution is 0.0771. The highest BCUT2D eigenvalue weighted by atomic mass is 19.1. The van der Waals surface area contributed by atoms with Crippen LogP contribution in [0, 0.1) is 17.6 Å². The summed E-state index contributed by atoms with van der Waals surface area (Å²) in [6, 6.07) is 8.62. The zero-order valence-corrected chi connectivity index (χ0v) is 17.8. The molecule has 0 spiro atoms. The lowest BCUT2D eigenvalue weighted by atomic mass is 9.90. The maximum Gasteiger partial charge on any atom is 0.126 e. The fourth-order valence-corrected chi connectivity index (χ4v) is 5.28. The molecular weight excluding hydrogens is 380 g/mol. The molecule has 0 amide bonds. The van der Waals surface area contributed by atoms with E-state index in [1.807, 2.05) is 12.3 Å². The molecular formula is C25H33F2N3. The number of aromatic nitrogens is 1. The van der Waals surface area contributed by atoms with Crippen molar-refractivity contribution in [2.24, 2.45) is 5.92 Å². The SMILES string of the molecule is Fc1cc(F)cc(CN(Cc2cccnc2)C[C@H]2CCCN(C3CCCCC3)C2)c1. The average molecular weight is 414 g/mol. The van der Waals surface area contributed by atoms with Gasteiger partial charge in [0.15, 0.2) is 0 Å². The molecule has 3 nitrogen and oxygen atoms in total. The lowest BCUT2D eigenvalue weighted by Gasteiger charge is -2.41. The Morgan fingerprint density at radius 2 is 1.70 bits per heavy atom. The Hall–Kier alpha value is -1.85. The van der Waals surface area contributed by atoms with E-state index in [4.69, 9.17) is 0 Å². The topological polar surface area (TPSA) is 19.4 Å². The molecule has 30 heavy (non-hydrogen) atoms. The first-order chi connectivity index (χ1) is 14.7. The van der Waals surface area contributed by atoms with Crippen LogP contribution in [0.2, 0.25) is 0 Å². The summed E-state index contributed by atoms with van der Waals surface area (Å²) >= 11 is 0. The van der Waals surface area contributed by atoms with Gasteiger partial charge in [0, 0.05) is 50.7 Å². The van der Waals surface area contributed by atoms with Crippen molar-refractivity contribution in [1.82, 2.24) is 14.8 Å². The van der Waals surface area contributed by atoms with Crippen LogP contribution < -0.4 is 0 Å². The first-order valence-electron chi connectivity index (χ1n) is 11.5. The van der Waals surface area contributed by atoms with Crippen LogP contribution in [0.25, 0.3) is 0 Å². The quantitative estimate of drug-likeness (QED) is 0.605. The fourth-order valence-electron chi connectivity index (χ4n) is 5.28. The molecule has 162 valence electrons. The van der Waals surface area contributed by atoms with E-state index < -0.39 is 11.6 Å². The van der Waals surface area contributed by atoms with Crippen molar-refractivity contribution in [2.45, 2.75) is 64.1 Å². The number of piperidine rings is 1. The molecule has 1 saturated heterocycles. The van der Waals surface area contributed by atoms with Crippen molar-refractivity contribution >= 4 is 0 Å². The first-order valence-corrected chi connectivity index (χ1v) is 11.5. The summed E-state index contributed by atoms with van der Waals surface area (Å²) in [5.74, 6) is -0.421. The van der Waals surface area contributed by atoms with Crippen LogP contribution in [0.3, 0.4) is 0 Å². The number of hydrogen-bond donors (Lipinski definition) is 0. The van der Waals surface area contributed by atoms with E-state index in [2.05, 4.69) is 20.9 Å². The number of benzene rings is 1. The van der Waals surface area contributed by atoms with Crippen molar-refractivity contribution in [3.05, 3.63) is 65.5 Å². The number of halogens is 2. The van der Waals surface area contributed by atoms with Gasteiger partial charge in [0.1, 0.15) is 11.6 Å². The molecule has 0 radical (unpaired) electrons. The number of rotatable bonds is 7. The predicted octanol–water partition coefficient (Wildman–Crippen LogP) is 5.41. The fraction of sp³-hybridized carbons (Fsp3) is 0.560. The molecule has 0 bridgehead atoms. The van der Waals surface area contributed by atoms with Crippen LogP contribution in [0.1, 0.15) is 56.1 Å². The van der Waals surface area contributed by atoms with E-state index in [1.54, 1.807) is 6.20 Å². The Morgan fingerprint density at radius 3 is 2.43 bits per heavy atom. The van der Waals surface area contributed by atoms with Crippen LogP contribution in [-0.2, 0) is 13.1 Å². The van der Waals surface area contributed by atoms with Gasteiger partial charge in [0.2, 0.25) is 0 Å². The van der Waals surface area contributed by atoms with Gasteiger partial charge in [-0.05, 0) is 67.5 Å². The minimum atomic E-state index is -0.507. The standard InChI is InChI=1S/C25H33F2N3/c26-23-12-22(13-24(27)14-23)18-29(16-20-6-4-10-28-15-20)17-21-7-5-11-30(19-21)25-8-2-1-3-9-25/h4,6,10,12-15,21,25H,1-3,5,7-9,11,16-19H2/t21-/m1/s1. The molecule has 2 fully saturated rings. The lowest BCUT2D eigenvalue weighted by Crippen LogP contribution is -2.46. The zero-order valence-electron chi connectivity index (χ0n) is 17.8. The van der Waals surface area contributed by atoms with E-state index in [0.717, 1.165) is 37.3 Å². The van der Waals surface area contributed by atoms with E-state index in [0.29, 0.717) is 18.0 Å². The number of likely N-dealkylation sites (tertiary alicyclic amines) is 1. The molecule has 5 heteroatoms. The van der Waals surface area contributed by atoms with Crippen LogP contribution in [0.5, 0.6) is 0 Å². The van der Waals surface area contributed by atoms with Crippen molar-refractivity contribution in [2.75, 3.05) is 19.6 Å². The van der Waals surface area contributed by atoms with Crippen LogP contribution >= 0.6 is 0 Å². The normalized spacial score (nSPS) is 21.2. The van der Waals surface area contributed by atoms with Gasteiger partial charge in [0.25, 0.3) is 0 Å². The Bertz CT molecular complexity index is 772. The molecule has 2 aliphatic rings. The minimum Gasteiger partial charge on any atom is -0.300 e. The van der Waals surface area contributed by atoms with Gasteiger partial charge in [-0.3, -0.25) is 9.88 Å². The molecule has 2 aromatic rings. The van der Waals surface area contributed by atoms with Gasteiger partial charge in [-0.15, -0.1) is 0 Å². The average Bonchev–Trinajstić information content (AvgIpc) is 2.74. The molecule has 1 aliphatic carbocycles. The molecule has 0 N–H and O–H groups in total. The molecule has 1 aromatic heterocycles. The Kier molecular flexibility index (Phi) is 7.45. The Labute approximate surface area is 179 Å². The molecule has 1 aromatic carbocycles. The van der Waals surface area contributed by atoms with E-state index in [9.17, 15) is 8.78 Å². The van der Waals surface area contributed by atoms with Gasteiger partial charge in [-0.2, -0.15) is 0 Å². The Balaban J connectivity index is 1.44. The smallest absolute Gasteiger partial charge is 0.126 e. The van der Waals surface area contributed by atoms with Gasteiger partial charge in [-0.25, -0.2) is 8.78 Å². The maximum atomic E-state index is 13.7. The highest BCUT2D eigenvalue weighted by Gasteiger charge is 2.28.